The average molecular weight is 269 g/mol. The Morgan fingerprint density at radius 3 is 2.53 bits per heavy atom. The van der Waals surface area contributed by atoms with Gasteiger partial charge in [-0.05, 0) is 24.5 Å². The standard InChI is InChI=1S/C15H24FNO2/c1-11(15(2,3)4)17-9-12(18)10-19-14-8-6-5-7-13(14)16/h5-8,11-12,17-18H,9-10H2,1-4H3. The molecule has 0 bridgehead atoms. The molecule has 0 aromatic heterocycles. The van der Waals surface area contributed by atoms with Crippen molar-refractivity contribution >= 4 is 0 Å². The molecule has 19 heavy (non-hydrogen) atoms. The van der Waals surface area contributed by atoms with E-state index in [1.807, 2.05) is 0 Å². The smallest absolute Gasteiger partial charge is 0.165 e. The molecule has 0 aliphatic heterocycles. The maximum absolute atomic E-state index is 13.3. The van der Waals surface area contributed by atoms with E-state index >= 15 is 0 Å². The molecule has 1 aromatic rings. The summed E-state index contributed by atoms with van der Waals surface area (Å²) in [7, 11) is 0. The van der Waals surface area contributed by atoms with Crippen LogP contribution in [0.5, 0.6) is 5.75 Å². The van der Waals surface area contributed by atoms with Gasteiger partial charge in [-0.2, -0.15) is 0 Å². The summed E-state index contributed by atoms with van der Waals surface area (Å²) in [6.07, 6.45) is -0.663. The van der Waals surface area contributed by atoms with Crippen molar-refractivity contribution in [2.24, 2.45) is 5.41 Å². The summed E-state index contributed by atoms with van der Waals surface area (Å²) in [4.78, 5) is 0. The van der Waals surface area contributed by atoms with Crippen LogP contribution in [0, 0.1) is 11.2 Å². The van der Waals surface area contributed by atoms with Crippen molar-refractivity contribution < 1.29 is 14.2 Å². The van der Waals surface area contributed by atoms with Crippen molar-refractivity contribution in [2.45, 2.75) is 39.8 Å². The first-order valence-electron chi connectivity index (χ1n) is 6.59. The minimum Gasteiger partial charge on any atom is -0.488 e. The van der Waals surface area contributed by atoms with Crippen LogP contribution in [-0.2, 0) is 0 Å². The number of ether oxygens (including phenoxy) is 1. The summed E-state index contributed by atoms with van der Waals surface area (Å²) in [5.74, 6) is -0.240. The lowest BCUT2D eigenvalue weighted by Gasteiger charge is -2.29. The molecular formula is C15H24FNO2. The number of aliphatic hydroxyl groups is 1. The van der Waals surface area contributed by atoms with Gasteiger partial charge in [-0.25, -0.2) is 4.39 Å². The molecule has 1 aromatic carbocycles. The first-order chi connectivity index (χ1) is 8.80. The molecule has 2 N–H and O–H groups in total. The van der Waals surface area contributed by atoms with Crippen LogP contribution in [0.2, 0.25) is 0 Å². The zero-order chi connectivity index (χ0) is 14.5. The molecule has 0 saturated carbocycles. The molecule has 0 saturated heterocycles. The molecule has 108 valence electrons. The van der Waals surface area contributed by atoms with Gasteiger partial charge in [0.05, 0.1) is 0 Å². The third-order valence-electron chi connectivity index (χ3n) is 3.23. The van der Waals surface area contributed by atoms with Crippen LogP contribution < -0.4 is 10.1 Å². The number of halogens is 1. The van der Waals surface area contributed by atoms with Gasteiger partial charge in [-0.1, -0.05) is 32.9 Å². The summed E-state index contributed by atoms with van der Waals surface area (Å²) in [5, 5.41) is 13.1. The summed E-state index contributed by atoms with van der Waals surface area (Å²) < 4.78 is 18.5. The van der Waals surface area contributed by atoms with Crippen molar-refractivity contribution in [2.75, 3.05) is 13.2 Å². The largest absolute Gasteiger partial charge is 0.488 e. The summed E-state index contributed by atoms with van der Waals surface area (Å²) >= 11 is 0. The van der Waals surface area contributed by atoms with Crippen LogP contribution in [0.4, 0.5) is 4.39 Å². The topological polar surface area (TPSA) is 41.5 Å². The second-order valence-corrected chi connectivity index (χ2v) is 5.89. The summed E-state index contributed by atoms with van der Waals surface area (Å²) in [6.45, 7) is 8.97. The number of rotatable bonds is 6. The predicted octanol–water partition coefficient (Wildman–Crippen LogP) is 2.59. The Bertz CT molecular complexity index is 390. The molecule has 1 rings (SSSR count). The highest BCUT2D eigenvalue weighted by Gasteiger charge is 2.20. The third-order valence-corrected chi connectivity index (χ3v) is 3.23. The molecule has 4 heteroatoms. The molecular weight excluding hydrogens is 245 g/mol. The molecule has 3 nitrogen and oxygen atoms in total. The van der Waals surface area contributed by atoms with Gasteiger partial charge in [0, 0.05) is 12.6 Å². The third kappa shape index (κ3) is 5.57. The van der Waals surface area contributed by atoms with Crippen LogP contribution in [0.1, 0.15) is 27.7 Å². The summed E-state index contributed by atoms with van der Waals surface area (Å²) in [5.41, 5.74) is 0.131. The number of hydrogen-bond acceptors (Lipinski definition) is 3. The van der Waals surface area contributed by atoms with Crippen LogP contribution in [0.25, 0.3) is 0 Å². The maximum atomic E-state index is 13.3. The molecule has 0 spiro atoms. The normalized spacial score (nSPS) is 15.1. The first kappa shape index (κ1) is 15.9. The van der Waals surface area contributed by atoms with E-state index in [0.717, 1.165) is 0 Å². The molecule has 0 aliphatic carbocycles. The zero-order valence-electron chi connectivity index (χ0n) is 12.1. The lowest BCUT2D eigenvalue weighted by molar-refractivity contribution is 0.0966. The van der Waals surface area contributed by atoms with Gasteiger partial charge in [-0.15, -0.1) is 0 Å². The number of para-hydroxylation sites is 1. The van der Waals surface area contributed by atoms with Crippen molar-refractivity contribution in [1.29, 1.82) is 0 Å². The van der Waals surface area contributed by atoms with E-state index in [2.05, 4.69) is 33.0 Å². The molecule has 2 atom stereocenters. The SMILES string of the molecule is CC(NCC(O)COc1ccccc1F)C(C)(C)C. The number of benzene rings is 1. The van der Waals surface area contributed by atoms with Gasteiger partial charge < -0.3 is 15.2 Å². The second-order valence-electron chi connectivity index (χ2n) is 5.89. The molecule has 0 heterocycles. The molecule has 0 radical (unpaired) electrons. The van der Waals surface area contributed by atoms with Gasteiger partial charge >= 0.3 is 0 Å². The van der Waals surface area contributed by atoms with Crippen molar-refractivity contribution in [3.05, 3.63) is 30.1 Å². The molecule has 0 aliphatic rings. The monoisotopic (exact) mass is 269 g/mol. The van der Waals surface area contributed by atoms with Crippen molar-refractivity contribution in [1.82, 2.24) is 5.32 Å². The number of nitrogens with one attached hydrogen (secondary N) is 1. The van der Waals surface area contributed by atoms with Crippen LogP contribution in [0.15, 0.2) is 24.3 Å². The highest BCUT2D eigenvalue weighted by Crippen LogP contribution is 2.18. The zero-order valence-corrected chi connectivity index (χ0v) is 12.1. The fourth-order valence-corrected chi connectivity index (χ4v) is 1.43. The Morgan fingerprint density at radius 2 is 1.95 bits per heavy atom. The molecule has 0 fully saturated rings. The van der Waals surface area contributed by atoms with Crippen molar-refractivity contribution in [3.8, 4) is 5.75 Å². The molecule has 2 unspecified atom stereocenters. The van der Waals surface area contributed by atoms with Crippen LogP contribution in [0.3, 0.4) is 0 Å². The highest BCUT2D eigenvalue weighted by atomic mass is 19.1. The predicted molar refractivity (Wildman–Crippen MR) is 74.8 cm³/mol. The fraction of sp³-hybridized carbons (Fsp3) is 0.600. The Kier molecular flexibility index (Phi) is 5.76. The van der Waals surface area contributed by atoms with E-state index in [1.54, 1.807) is 18.2 Å². The average Bonchev–Trinajstić information content (AvgIpc) is 2.33. The quantitative estimate of drug-likeness (QED) is 0.834. The Balaban J connectivity index is 2.33. The number of aliphatic hydroxyl groups excluding tert-OH is 1. The minimum absolute atomic E-state index is 0.0742. The van der Waals surface area contributed by atoms with Crippen LogP contribution in [-0.4, -0.2) is 30.4 Å². The first-order valence-corrected chi connectivity index (χ1v) is 6.59. The van der Waals surface area contributed by atoms with Crippen molar-refractivity contribution in [3.63, 3.8) is 0 Å². The van der Waals surface area contributed by atoms with E-state index in [9.17, 15) is 9.50 Å². The van der Waals surface area contributed by atoms with Gasteiger partial charge in [-0.3, -0.25) is 0 Å². The number of hydrogen-bond donors (Lipinski definition) is 2. The second kappa shape index (κ2) is 6.87. The minimum atomic E-state index is -0.663. The van der Waals surface area contributed by atoms with Gasteiger partial charge in [0.25, 0.3) is 0 Å². The van der Waals surface area contributed by atoms with E-state index in [0.29, 0.717) is 6.54 Å². The van der Waals surface area contributed by atoms with Gasteiger partial charge in [0.1, 0.15) is 12.7 Å². The van der Waals surface area contributed by atoms with E-state index in [1.165, 1.54) is 6.07 Å². The van der Waals surface area contributed by atoms with E-state index in [4.69, 9.17) is 4.74 Å². The van der Waals surface area contributed by atoms with E-state index in [-0.39, 0.29) is 23.8 Å². The van der Waals surface area contributed by atoms with Gasteiger partial charge in [0.15, 0.2) is 11.6 Å². The maximum Gasteiger partial charge on any atom is 0.165 e. The Morgan fingerprint density at radius 1 is 1.32 bits per heavy atom. The lowest BCUT2D eigenvalue weighted by atomic mass is 9.88. The Hall–Kier alpha value is -1.13. The molecule has 0 amide bonds. The summed E-state index contributed by atoms with van der Waals surface area (Å²) in [6, 6.07) is 6.46. The Labute approximate surface area is 114 Å². The van der Waals surface area contributed by atoms with Gasteiger partial charge in [0.2, 0.25) is 0 Å². The lowest BCUT2D eigenvalue weighted by Crippen LogP contribution is -2.42. The van der Waals surface area contributed by atoms with Crippen LogP contribution >= 0.6 is 0 Å². The van der Waals surface area contributed by atoms with E-state index < -0.39 is 11.9 Å². The highest BCUT2D eigenvalue weighted by molar-refractivity contribution is 5.23. The fourth-order valence-electron chi connectivity index (χ4n) is 1.43.